The normalized spacial score (nSPS) is 10.6. The summed E-state index contributed by atoms with van der Waals surface area (Å²) in [7, 11) is 0. The quantitative estimate of drug-likeness (QED) is 0.607. The Hall–Kier alpha value is -1.32. The molecule has 1 heterocycles. The second-order valence-electron chi connectivity index (χ2n) is 4.11. The third-order valence-corrected chi connectivity index (χ3v) is 3.50. The summed E-state index contributed by atoms with van der Waals surface area (Å²) in [5.41, 5.74) is 9.43. The number of benzene rings is 1. The minimum atomic E-state index is 0.908. The van der Waals surface area contributed by atoms with Crippen LogP contribution in [0.1, 0.15) is 17.5 Å². The molecule has 0 saturated heterocycles. The lowest BCUT2D eigenvalue weighted by Gasteiger charge is -2.06. The molecule has 0 atom stereocenters. The highest BCUT2D eigenvalue weighted by Crippen LogP contribution is 2.12. The predicted molar refractivity (Wildman–Crippen MR) is 75.2 cm³/mol. The molecule has 0 radical (unpaired) electrons. The number of thiophene rings is 1. The number of anilines is 1. The molecule has 3 heteroatoms. The SMILES string of the molecule is Nc1ccccc1CCCNCc1ccsc1. The minimum absolute atomic E-state index is 0.908. The lowest BCUT2D eigenvalue weighted by Crippen LogP contribution is -2.15. The van der Waals surface area contributed by atoms with Gasteiger partial charge in [-0.05, 0) is 53.4 Å². The van der Waals surface area contributed by atoms with Crippen molar-refractivity contribution in [2.75, 3.05) is 12.3 Å². The summed E-state index contributed by atoms with van der Waals surface area (Å²) in [4.78, 5) is 0. The van der Waals surface area contributed by atoms with Crippen molar-refractivity contribution in [3.8, 4) is 0 Å². The fourth-order valence-electron chi connectivity index (χ4n) is 1.79. The molecule has 0 aliphatic rings. The van der Waals surface area contributed by atoms with Gasteiger partial charge in [-0.2, -0.15) is 11.3 Å². The first-order chi connectivity index (χ1) is 8.36. The molecular weight excluding hydrogens is 228 g/mol. The smallest absolute Gasteiger partial charge is 0.0346 e. The van der Waals surface area contributed by atoms with Gasteiger partial charge in [0.05, 0.1) is 0 Å². The number of hydrogen-bond donors (Lipinski definition) is 2. The van der Waals surface area contributed by atoms with Gasteiger partial charge in [-0.15, -0.1) is 0 Å². The average Bonchev–Trinajstić information content (AvgIpc) is 2.84. The van der Waals surface area contributed by atoms with Crippen LogP contribution in [0.5, 0.6) is 0 Å². The van der Waals surface area contributed by atoms with E-state index in [9.17, 15) is 0 Å². The van der Waals surface area contributed by atoms with Gasteiger partial charge >= 0.3 is 0 Å². The zero-order valence-corrected chi connectivity index (χ0v) is 10.7. The van der Waals surface area contributed by atoms with Crippen molar-refractivity contribution in [1.29, 1.82) is 0 Å². The zero-order chi connectivity index (χ0) is 11.9. The van der Waals surface area contributed by atoms with Gasteiger partial charge in [0.15, 0.2) is 0 Å². The first-order valence-electron chi connectivity index (χ1n) is 5.91. The van der Waals surface area contributed by atoms with E-state index >= 15 is 0 Å². The van der Waals surface area contributed by atoms with Crippen molar-refractivity contribution in [1.82, 2.24) is 5.32 Å². The van der Waals surface area contributed by atoms with Gasteiger partial charge in [0.1, 0.15) is 0 Å². The summed E-state index contributed by atoms with van der Waals surface area (Å²) in [5.74, 6) is 0. The Balaban J connectivity index is 1.65. The number of aryl methyl sites for hydroxylation is 1. The lowest BCUT2D eigenvalue weighted by atomic mass is 10.1. The van der Waals surface area contributed by atoms with Gasteiger partial charge in [0.2, 0.25) is 0 Å². The minimum Gasteiger partial charge on any atom is -0.399 e. The molecule has 0 unspecified atom stereocenters. The van der Waals surface area contributed by atoms with Crippen molar-refractivity contribution in [2.45, 2.75) is 19.4 Å². The van der Waals surface area contributed by atoms with E-state index in [0.29, 0.717) is 0 Å². The molecule has 2 nitrogen and oxygen atoms in total. The molecule has 2 rings (SSSR count). The van der Waals surface area contributed by atoms with E-state index in [1.165, 1.54) is 11.1 Å². The van der Waals surface area contributed by atoms with Gasteiger partial charge in [0, 0.05) is 12.2 Å². The summed E-state index contributed by atoms with van der Waals surface area (Å²) < 4.78 is 0. The number of para-hydroxylation sites is 1. The zero-order valence-electron chi connectivity index (χ0n) is 9.86. The molecule has 17 heavy (non-hydrogen) atoms. The highest BCUT2D eigenvalue weighted by atomic mass is 32.1. The van der Waals surface area contributed by atoms with E-state index in [2.05, 4.69) is 28.2 Å². The molecule has 90 valence electrons. The van der Waals surface area contributed by atoms with Crippen LogP contribution in [-0.4, -0.2) is 6.54 Å². The monoisotopic (exact) mass is 246 g/mol. The van der Waals surface area contributed by atoms with E-state index in [-0.39, 0.29) is 0 Å². The third kappa shape index (κ3) is 3.88. The van der Waals surface area contributed by atoms with Crippen molar-refractivity contribution in [2.24, 2.45) is 0 Å². The Labute approximate surface area is 106 Å². The Morgan fingerprint density at radius 3 is 2.82 bits per heavy atom. The van der Waals surface area contributed by atoms with E-state index in [1.807, 2.05) is 18.2 Å². The largest absolute Gasteiger partial charge is 0.399 e. The average molecular weight is 246 g/mol. The molecule has 0 amide bonds. The predicted octanol–water partition coefficient (Wildman–Crippen LogP) is 3.05. The second-order valence-corrected chi connectivity index (χ2v) is 4.89. The highest BCUT2D eigenvalue weighted by Gasteiger charge is 1.97. The van der Waals surface area contributed by atoms with Gasteiger partial charge < -0.3 is 11.1 Å². The number of nitrogens with one attached hydrogen (secondary N) is 1. The van der Waals surface area contributed by atoms with Crippen LogP contribution in [0.15, 0.2) is 41.1 Å². The first kappa shape index (κ1) is 12.1. The standard InChI is InChI=1S/C14H18N2S/c15-14-6-2-1-4-13(14)5-3-8-16-10-12-7-9-17-11-12/h1-2,4,6-7,9,11,16H,3,5,8,10,15H2. The maximum absolute atomic E-state index is 5.89. The fourth-order valence-corrected chi connectivity index (χ4v) is 2.46. The molecule has 0 saturated carbocycles. The number of nitrogens with two attached hydrogens (primary N) is 1. The van der Waals surface area contributed by atoms with Crippen LogP contribution < -0.4 is 11.1 Å². The molecule has 3 N–H and O–H groups in total. The van der Waals surface area contributed by atoms with Crippen LogP contribution in [0, 0.1) is 0 Å². The topological polar surface area (TPSA) is 38.0 Å². The van der Waals surface area contributed by atoms with Crippen molar-refractivity contribution in [3.63, 3.8) is 0 Å². The Morgan fingerprint density at radius 2 is 2.06 bits per heavy atom. The molecule has 0 bridgehead atoms. The van der Waals surface area contributed by atoms with Gasteiger partial charge in [-0.1, -0.05) is 18.2 Å². The molecule has 1 aromatic heterocycles. The number of hydrogen-bond acceptors (Lipinski definition) is 3. The summed E-state index contributed by atoms with van der Waals surface area (Å²) in [6, 6.07) is 10.3. The maximum Gasteiger partial charge on any atom is 0.0346 e. The van der Waals surface area contributed by atoms with E-state index in [0.717, 1.165) is 31.6 Å². The molecule has 0 aliphatic carbocycles. The summed E-state index contributed by atoms with van der Waals surface area (Å²) in [6.07, 6.45) is 2.17. The van der Waals surface area contributed by atoms with Crippen LogP contribution in [0.3, 0.4) is 0 Å². The van der Waals surface area contributed by atoms with Crippen LogP contribution >= 0.6 is 11.3 Å². The molecular formula is C14H18N2S. The van der Waals surface area contributed by atoms with Gasteiger partial charge in [0.25, 0.3) is 0 Å². The molecule has 1 aromatic carbocycles. The van der Waals surface area contributed by atoms with Crippen molar-refractivity contribution < 1.29 is 0 Å². The Morgan fingerprint density at radius 1 is 1.18 bits per heavy atom. The van der Waals surface area contributed by atoms with Crippen LogP contribution in [0.2, 0.25) is 0 Å². The molecule has 0 fully saturated rings. The summed E-state index contributed by atoms with van der Waals surface area (Å²) in [6.45, 7) is 2.00. The maximum atomic E-state index is 5.89. The fraction of sp³-hybridized carbons (Fsp3) is 0.286. The summed E-state index contributed by atoms with van der Waals surface area (Å²) in [5, 5.41) is 7.74. The molecule has 0 aliphatic heterocycles. The Kier molecular flexibility index (Phi) is 4.59. The lowest BCUT2D eigenvalue weighted by molar-refractivity contribution is 0.651. The van der Waals surface area contributed by atoms with Crippen molar-refractivity contribution in [3.05, 3.63) is 52.2 Å². The van der Waals surface area contributed by atoms with Crippen LogP contribution in [0.25, 0.3) is 0 Å². The second kappa shape index (κ2) is 6.42. The molecule has 2 aromatic rings. The van der Waals surface area contributed by atoms with Gasteiger partial charge in [-0.25, -0.2) is 0 Å². The van der Waals surface area contributed by atoms with E-state index in [4.69, 9.17) is 5.73 Å². The number of nitrogen functional groups attached to an aromatic ring is 1. The van der Waals surface area contributed by atoms with Gasteiger partial charge in [-0.3, -0.25) is 0 Å². The highest BCUT2D eigenvalue weighted by molar-refractivity contribution is 7.07. The number of rotatable bonds is 6. The van der Waals surface area contributed by atoms with E-state index in [1.54, 1.807) is 11.3 Å². The Bertz CT molecular complexity index is 437. The van der Waals surface area contributed by atoms with Crippen LogP contribution in [0.4, 0.5) is 5.69 Å². The van der Waals surface area contributed by atoms with Crippen molar-refractivity contribution >= 4 is 17.0 Å². The third-order valence-electron chi connectivity index (χ3n) is 2.76. The molecule has 0 spiro atoms. The van der Waals surface area contributed by atoms with E-state index < -0.39 is 0 Å². The van der Waals surface area contributed by atoms with Crippen LogP contribution in [-0.2, 0) is 13.0 Å². The first-order valence-corrected chi connectivity index (χ1v) is 6.86. The summed E-state index contributed by atoms with van der Waals surface area (Å²) >= 11 is 1.75.